The molecule has 0 spiro atoms. The number of amides is 2. The predicted octanol–water partition coefficient (Wildman–Crippen LogP) is 3.40. The van der Waals surface area contributed by atoms with Gasteiger partial charge in [0.25, 0.3) is 0 Å². The molecular formula is C24H21N3O5. The number of carbonyl (C=O) groups excluding carboxylic acids is 2. The van der Waals surface area contributed by atoms with Crippen molar-refractivity contribution in [2.45, 2.75) is 18.4 Å². The number of carbonyl (C=O) groups is 3. The second kappa shape index (κ2) is 9.30. The van der Waals surface area contributed by atoms with Crippen LogP contribution in [0.2, 0.25) is 0 Å². The lowest BCUT2D eigenvalue weighted by atomic mass is 9.98. The molecule has 0 saturated heterocycles. The molecule has 0 radical (unpaired) electrons. The number of nitrogens with one attached hydrogen (secondary N) is 2. The van der Waals surface area contributed by atoms with Gasteiger partial charge in [-0.2, -0.15) is 0 Å². The second-order valence-corrected chi connectivity index (χ2v) is 7.35. The van der Waals surface area contributed by atoms with Gasteiger partial charge in [-0.05, 0) is 34.4 Å². The number of carboxylic acids is 1. The third kappa shape index (κ3) is 4.59. The van der Waals surface area contributed by atoms with Crippen molar-refractivity contribution >= 4 is 23.7 Å². The number of nitrogens with zero attached hydrogens (tertiary/aromatic N) is 1. The fourth-order valence-electron chi connectivity index (χ4n) is 3.83. The summed E-state index contributed by atoms with van der Waals surface area (Å²) in [5, 5.41) is 14.1. The minimum atomic E-state index is -1.30. The van der Waals surface area contributed by atoms with Crippen molar-refractivity contribution in [1.29, 1.82) is 0 Å². The van der Waals surface area contributed by atoms with Crippen molar-refractivity contribution < 1.29 is 24.2 Å². The van der Waals surface area contributed by atoms with Gasteiger partial charge in [0.2, 0.25) is 5.91 Å². The van der Waals surface area contributed by atoms with Crippen molar-refractivity contribution in [3.63, 3.8) is 0 Å². The Kier molecular flexibility index (Phi) is 6.12. The topological polar surface area (TPSA) is 118 Å². The third-order valence-corrected chi connectivity index (χ3v) is 5.28. The molecule has 0 bridgehead atoms. The maximum Gasteiger partial charge on any atom is 0.407 e. The maximum absolute atomic E-state index is 12.5. The smallest absolute Gasteiger partial charge is 0.407 e. The number of hydrogen-bond acceptors (Lipinski definition) is 5. The molecule has 1 aliphatic rings. The molecule has 0 saturated carbocycles. The molecule has 2 aromatic carbocycles. The van der Waals surface area contributed by atoms with E-state index < -0.39 is 30.4 Å². The van der Waals surface area contributed by atoms with Gasteiger partial charge in [0.15, 0.2) is 0 Å². The van der Waals surface area contributed by atoms with E-state index in [1.54, 1.807) is 12.1 Å². The van der Waals surface area contributed by atoms with Gasteiger partial charge in [-0.15, -0.1) is 0 Å². The van der Waals surface area contributed by atoms with Crippen LogP contribution in [0.25, 0.3) is 11.1 Å². The van der Waals surface area contributed by atoms with Crippen LogP contribution < -0.4 is 10.6 Å². The first kappa shape index (κ1) is 21.0. The number of alkyl carbamates (subject to hydrolysis) is 1. The summed E-state index contributed by atoms with van der Waals surface area (Å²) >= 11 is 0. The van der Waals surface area contributed by atoms with E-state index in [2.05, 4.69) is 15.6 Å². The van der Waals surface area contributed by atoms with Gasteiger partial charge in [0.1, 0.15) is 12.6 Å². The van der Waals surface area contributed by atoms with E-state index in [0.29, 0.717) is 5.69 Å². The Bertz CT molecular complexity index is 1100. The lowest BCUT2D eigenvalue weighted by Gasteiger charge is -2.18. The van der Waals surface area contributed by atoms with Gasteiger partial charge in [-0.1, -0.05) is 48.5 Å². The number of aliphatic carboxylic acids is 1. The lowest BCUT2D eigenvalue weighted by molar-refractivity contribution is -0.139. The number of pyridine rings is 1. The molecule has 3 N–H and O–H groups in total. The van der Waals surface area contributed by atoms with Crippen LogP contribution in [-0.2, 0) is 14.3 Å². The van der Waals surface area contributed by atoms with Crippen molar-refractivity contribution in [3.8, 4) is 11.1 Å². The van der Waals surface area contributed by atoms with Crippen LogP contribution in [0.3, 0.4) is 0 Å². The van der Waals surface area contributed by atoms with Crippen LogP contribution >= 0.6 is 0 Å². The summed E-state index contributed by atoms with van der Waals surface area (Å²) < 4.78 is 5.42. The molecule has 32 heavy (non-hydrogen) atoms. The molecule has 3 aromatic rings. The van der Waals surface area contributed by atoms with Gasteiger partial charge >= 0.3 is 12.1 Å². The van der Waals surface area contributed by atoms with Crippen molar-refractivity contribution in [2.75, 3.05) is 11.9 Å². The van der Waals surface area contributed by atoms with E-state index in [4.69, 9.17) is 9.84 Å². The minimum Gasteiger partial charge on any atom is -0.481 e. The van der Waals surface area contributed by atoms with E-state index in [-0.39, 0.29) is 12.5 Å². The fraction of sp³-hybridized carbons (Fsp3) is 0.167. The maximum atomic E-state index is 12.5. The first-order valence-corrected chi connectivity index (χ1v) is 10.1. The predicted molar refractivity (Wildman–Crippen MR) is 117 cm³/mol. The summed E-state index contributed by atoms with van der Waals surface area (Å²) in [6.07, 6.45) is 1.53. The first-order chi connectivity index (χ1) is 15.5. The highest BCUT2D eigenvalue weighted by atomic mass is 16.5. The van der Waals surface area contributed by atoms with E-state index >= 15 is 0 Å². The van der Waals surface area contributed by atoms with E-state index in [1.807, 2.05) is 48.5 Å². The Morgan fingerprint density at radius 3 is 2.12 bits per heavy atom. The standard InChI is InChI=1S/C24H21N3O5/c28-22(29)13-21(23(30)26-15-9-11-25-12-10-15)27-24(31)32-14-20-18-7-3-1-5-16(18)17-6-2-4-8-19(17)20/h1-12,20-21H,13-14H2,(H,27,31)(H,28,29)(H,25,26,30). The Labute approximate surface area is 184 Å². The number of rotatable bonds is 7. The number of ether oxygens (including phenoxy) is 1. The molecule has 1 unspecified atom stereocenters. The van der Waals surface area contributed by atoms with Gasteiger partial charge in [0, 0.05) is 24.0 Å². The monoisotopic (exact) mass is 431 g/mol. The van der Waals surface area contributed by atoms with Crippen LogP contribution in [0.1, 0.15) is 23.5 Å². The highest BCUT2D eigenvalue weighted by molar-refractivity contribution is 5.98. The van der Waals surface area contributed by atoms with E-state index in [0.717, 1.165) is 22.3 Å². The zero-order valence-corrected chi connectivity index (χ0v) is 17.0. The molecule has 162 valence electrons. The third-order valence-electron chi connectivity index (χ3n) is 5.28. The second-order valence-electron chi connectivity index (χ2n) is 7.35. The Balaban J connectivity index is 1.42. The molecular weight excluding hydrogens is 410 g/mol. The summed E-state index contributed by atoms with van der Waals surface area (Å²) in [6.45, 7) is 0.0611. The molecule has 1 heterocycles. The van der Waals surface area contributed by atoms with Crippen LogP contribution in [0.15, 0.2) is 73.1 Å². The van der Waals surface area contributed by atoms with E-state index in [9.17, 15) is 14.4 Å². The zero-order chi connectivity index (χ0) is 22.5. The first-order valence-electron chi connectivity index (χ1n) is 10.1. The fourth-order valence-corrected chi connectivity index (χ4v) is 3.83. The number of fused-ring (bicyclic) bond motifs is 3. The molecule has 4 rings (SSSR count). The number of hydrogen-bond donors (Lipinski definition) is 3. The molecule has 0 fully saturated rings. The Morgan fingerprint density at radius 2 is 1.53 bits per heavy atom. The van der Waals surface area contributed by atoms with Crippen molar-refractivity contribution in [2.24, 2.45) is 0 Å². The molecule has 1 atom stereocenters. The largest absolute Gasteiger partial charge is 0.481 e. The van der Waals surface area contributed by atoms with Crippen molar-refractivity contribution in [1.82, 2.24) is 10.3 Å². The number of aromatic nitrogens is 1. The van der Waals surface area contributed by atoms with Gasteiger partial charge < -0.3 is 20.5 Å². The molecule has 1 aliphatic carbocycles. The van der Waals surface area contributed by atoms with Crippen LogP contribution in [0.4, 0.5) is 10.5 Å². The van der Waals surface area contributed by atoms with Crippen molar-refractivity contribution in [3.05, 3.63) is 84.2 Å². The quantitative estimate of drug-likeness (QED) is 0.528. The number of anilines is 1. The minimum absolute atomic E-state index is 0.0611. The van der Waals surface area contributed by atoms with Crippen LogP contribution in [0, 0.1) is 0 Å². The van der Waals surface area contributed by atoms with Crippen LogP contribution in [-0.4, -0.2) is 40.7 Å². The molecule has 1 aromatic heterocycles. The summed E-state index contributed by atoms with van der Waals surface area (Å²) in [5.41, 5.74) is 4.74. The number of carboxylic acid groups (broad SMARTS) is 1. The van der Waals surface area contributed by atoms with Gasteiger partial charge in [0.05, 0.1) is 6.42 Å². The van der Waals surface area contributed by atoms with Gasteiger partial charge in [-0.25, -0.2) is 4.79 Å². The van der Waals surface area contributed by atoms with Crippen LogP contribution in [0.5, 0.6) is 0 Å². The molecule has 0 aliphatic heterocycles. The van der Waals surface area contributed by atoms with Gasteiger partial charge in [-0.3, -0.25) is 14.6 Å². The highest BCUT2D eigenvalue weighted by Gasteiger charge is 2.30. The molecule has 8 heteroatoms. The average molecular weight is 431 g/mol. The normalized spacial score (nSPS) is 12.9. The zero-order valence-electron chi connectivity index (χ0n) is 17.0. The number of benzene rings is 2. The summed E-state index contributed by atoms with van der Waals surface area (Å²) in [7, 11) is 0. The molecule has 2 amide bonds. The Hall–Kier alpha value is -4.20. The SMILES string of the molecule is O=C(O)CC(NC(=O)OCC1c2ccccc2-c2ccccc21)C(=O)Nc1ccncc1. The Morgan fingerprint density at radius 1 is 0.938 bits per heavy atom. The summed E-state index contributed by atoms with van der Waals surface area (Å²) in [6, 6.07) is 17.7. The lowest BCUT2D eigenvalue weighted by Crippen LogP contribution is -2.45. The summed E-state index contributed by atoms with van der Waals surface area (Å²) in [5.74, 6) is -2.03. The van der Waals surface area contributed by atoms with E-state index in [1.165, 1.54) is 12.4 Å². The highest BCUT2D eigenvalue weighted by Crippen LogP contribution is 2.44. The molecule has 8 nitrogen and oxygen atoms in total. The average Bonchev–Trinajstić information content (AvgIpc) is 3.11. The summed E-state index contributed by atoms with van der Waals surface area (Å²) in [4.78, 5) is 40.0.